The van der Waals surface area contributed by atoms with Crippen molar-refractivity contribution in [3.8, 4) is 17.2 Å². The molecule has 3 heterocycles. The van der Waals surface area contributed by atoms with Crippen LogP contribution in [0.1, 0.15) is 33.9 Å². The first-order valence-corrected chi connectivity index (χ1v) is 9.12. The summed E-state index contributed by atoms with van der Waals surface area (Å²) in [7, 11) is 0. The van der Waals surface area contributed by atoms with E-state index in [2.05, 4.69) is 10.3 Å². The van der Waals surface area contributed by atoms with Crippen LogP contribution in [0.15, 0.2) is 63.7 Å². The topological polar surface area (TPSA) is 83.3 Å². The van der Waals surface area contributed by atoms with Gasteiger partial charge in [-0.25, -0.2) is 9.48 Å². The van der Waals surface area contributed by atoms with Gasteiger partial charge in [0.1, 0.15) is 12.3 Å². The molecule has 28 heavy (non-hydrogen) atoms. The summed E-state index contributed by atoms with van der Waals surface area (Å²) in [6.45, 7) is 0.00993. The lowest BCUT2D eigenvalue weighted by Crippen LogP contribution is -2.09. The van der Waals surface area contributed by atoms with Gasteiger partial charge in [0.05, 0.1) is 12.0 Å². The number of para-hydroxylation sites is 1. The van der Waals surface area contributed by atoms with Gasteiger partial charge < -0.3 is 13.7 Å². The van der Waals surface area contributed by atoms with E-state index in [1.54, 1.807) is 24.5 Å². The van der Waals surface area contributed by atoms with E-state index in [0.29, 0.717) is 22.9 Å². The molecule has 0 bridgehead atoms. The second-order valence-corrected chi connectivity index (χ2v) is 6.61. The Balaban J connectivity index is 1.35. The monoisotopic (exact) mass is 375 g/mol. The predicted molar refractivity (Wildman–Crippen MR) is 98.9 cm³/mol. The van der Waals surface area contributed by atoms with Crippen LogP contribution in [0.5, 0.6) is 0 Å². The van der Waals surface area contributed by atoms with Crippen LogP contribution >= 0.6 is 0 Å². The molecule has 0 atom stereocenters. The maximum Gasteiger partial charge on any atom is 0.359 e. The quantitative estimate of drug-likeness (QED) is 0.491. The van der Waals surface area contributed by atoms with E-state index in [1.807, 2.05) is 35.0 Å². The molecule has 0 saturated heterocycles. The molecule has 0 saturated carbocycles. The smallest absolute Gasteiger partial charge is 0.359 e. The Hall–Kier alpha value is -3.61. The number of ether oxygens (including phenoxy) is 1. The van der Waals surface area contributed by atoms with Crippen LogP contribution in [-0.4, -0.2) is 20.9 Å². The molecular formula is C21H17N3O4. The highest BCUT2D eigenvalue weighted by Gasteiger charge is 2.28. The fourth-order valence-corrected chi connectivity index (χ4v) is 3.51. The molecule has 0 amide bonds. The van der Waals surface area contributed by atoms with Crippen molar-refractivity contribution in [2.45, 2.75) is 25.9 Å². The van der Waals surface area contributed by atoms with Crippen molar-refractivity contribution in [2.24, 2.45) is 0 Å². The second kappa shape index (κ2) is 6.84. The molecule has 3 aromatic heterocycles. The molecular weight excluding hydrogens is 358 g/mol. The van der Waals surface area contributed by atoms with Crippen LogP contribution in [0.25, 0.3) is 17.2 Å². The number of furan rings is 1. The minimum absolute atomic E-state index is 0.00993. The van der Waals surface area contributed by atoms with E-state index >= 15 is 0 Å². The molecule has 4 aromatic rings. The summed E-state index contributed by atoms with van der Waals surface area (Å²) in [5, 5.41) is 8.47. The Morgan fingerprint density at radius 1 is 1.11 bits per heavy atom. The molecule has 7 heteroatoms. The molecule has 0 unspecified atom stereocenters. The van der Waals surface area contributed by atoms with E-state index in [-0.39, 0.29) is 6.61 Å². The maximum atomic E-state index is 12.7. The lowest BCUT2D eigenvalue weighted by Gasteiger charge is -2.04. The zero-order valence-electron chi connectivity index (χ0n) is 15.0. The van der Waals surface area contributed by atoms with Gasteiger partial charge in [-0.2, -0.15) is 5.10 Å². The van der Waals surface area contributed by atoms with Gasteiger partial charge in [-0.05, 0) is 43.5 Å². The molecule has 0 aliphatic heterocycles. The van der Waals surface area contributed by atoms with E-state index in [1.165, 1.54) is 0 Å². The van der Waals surface area contributed by atoms with Gasteiger partial charge in [0.2, 0.25) is 5.76 Å². The first-order valence-electron chi connectivity index (χ1n) is 9.12. The van der Waals surface area contributed by atoms with E-state index in [0.717, 1.165) is 36.2 Å². The molecule has 1 aliphatic rings. The fraction of sp³-hybridized carbons (Fsp3) is 0.190. The minimum Gasteiger partial charge on any atom is -0.461 e. The molecule has 7 nitrogen and oxygen atoms in total. The minimum atomic E-state index is -0.449. The van der Waals surface area contributed by atoms with Crippen LogP contribution in [0.3, 0.4) is 0 Å². The summed E-state index contributed by atoms with van der Waals surface area (Å²) in [6.07, 6.45) is 4.30. The zero-order valence-corrected chi connectivity index (χ0v) is 15.0. The van der Waals surface area contributed by atoms with Crippen molar-refractivity contribution >= 4 is 5.97 Å². The highest BCUT2D eigenvalue weighted by Crippen LogP contribution is 2.28. The summed E-state index contributed by atoms with van der Waals surface area (Å²) in [5.74, 6) is 0.616. The lowest BCUT2D eigenvalue weighted by atomic mass is 10.2. The predicted octanol–water partition coefficient (Wildman–Crippen LogP) is 3.97. The van der Waals surface area contributed by atoms with Crippen molar-refractivity contribution in [1.82, 2.24) is 14.9 Å². The van der Waals surface area contributed by atoms with Gasteiger partial charge >= 0.3 is 5.97 Å². The Labute approximate surface area is 160 Å². The summed E-state index contributed by atoms with van der Waals surface area (Å²) in [4.78, 5) is 12.7. The van der Waals surface area contributed by atoms with Crippen molar-refractivity contribution in [3.63, 3.8) is 0 Å². The van der Waals surface area contributed by atoms with Gasteiger partial charge in [-0.15, -0.1) is 0 Å². The third-order valence-electron chi connectivity index (χ3n) is 4.80. The van der Waals surface area contributed by atoms with E-state index < -0.39 is 5.97 Å². The number of fused-ring (bicyclic) bond motifs is 1. The number of esters is 1. The lowest BCUT2D eigenvalue weighted by molar-refractivity contribution is 0.0455. The average molecular weight is 375 g/mol. The van der Waals surface area contributed by atoms with Gasteiger partial charge in [-0.1, -0.05) is 23.4 Å². The third-order valence-corrected chi connectivity index (χ3v) is 4.80. The maximum absolute atomic E-state index is 12.7. The SMILES string of the molecule is O=C(OCc1cc(-c2ccco2)on1)c1nn(-c2ccccc2)c2c1CCC2. The zero-order chi connectivity index (χ0) is 18.9. The number of rotatable bonds is 5. The van der Waals surface area contributed by atoms with Gasteiger partial charge in [0, 0.05) is 17.3 Å². The molecule has 0 fully saturated rings. The Kier molecular flexibility index (Phi) is 4.05. The number of benzene rings is 1. The van der Waals surface area contributed by atoms with Crippen molar-refractivity contribution in [1.29, 1.82) is 0 Å². The van der Waals surface area contributed by atoms with Crippen molar-refractivity contribution in [2.75, 3.05) is 0 Å². The van der Waals surface area contributed by atoms with Crippen LogP contribution in [0, 0.1) is 0 Å². The fourth-order valence-electron chi connectivity index (χ4n) is 3.51. The number of hydrogen-bond donors (Lipinski definition) is 0. The van der Waals surface area contributed by atoms with Gasteiger partial charge in [-0.3, -0.25) is 0 Å². The molecule has 5 rings (SSSR count). The number of carbonyl (C=O) groups excluding carboxylic acids is 1. The van der Waals surface area contributed by atoms with Crippen molar-refractivity contribution < 1.29 is 18.5 Å². The number of hydrogen-bond acceptors (Lipinski definition) is 6. The Morgan fingerprint density at radius 2 is 2.00 bits per heavy atom. The second-order valence-electron chi connectivity index (χ2n) is 6.61. The van der Waals surface area contributed by atoms with E-state index in [9.17, 15) is 4.79 Å². The van der Waals surface area contributed by atoms with E-state index in [4.69, 9.17) is 13.7 Å². The summed E-state index contributed by atoms with van der Waals surface area (Å²) >= 11 is 0. The van der Waals surface area contributed by atoms with Gasteiger partial charge in [0.15, 0.2) is 11.5 Å². The normalized spacial score (nSPS) is 12.9. The van der Waals surface area contributed by atoms with Crippen LogP contribution in [0.4, 0.5) is 0 Å². The molecule has 1 aromatic carbocycles. The van der Waals surface area contributed by atoms with Crippen LogP contribution < -0.4 is 0 Å². The molecule has 0 N–H and O–H groups in total. The molecule has 1 aliphatic carbocycles. The highest BCUT2D eigenvalue weighted by atomic mass is 16.5. The van der Waals surface area contributed by atoms with Crippen LogP contribution in [-0.2, 0) is 24.2 Å². The molecule has 0 radical (unpaired) electrons. The summed E-state index contributed by atoms with van der Waals surface area (Å²) < 4.78 is 17.8. The largest absolute Gasteiger partial charge is 0.461 e. The number of carbonyl (C=O) groups is 1. The molecule has 140 valence electrons. The standard InChI is InChI=1S/C21H17N3O4/c25-21(27-13-14-12-19(28-23-14)18-10-5-11-26-18)20-16-8-4-9-17(16)24(22-20)15-6-2-1-3-7-15/h1-3,5-7,10-12H,4,8-9,13H2. The Morgan fingerprint density at radius 3 is 2.82 bits per heavy atom. The first-order chi connectivity index (χ1) is 13.8. The summed E-state index contributed by atoms with van der Waals surface area (Å²) in [5.41, 5.74) is 3.90. The van der Waals surface area contributed by atoms with Crippen molar-refractivity contribution in [3.05, 3.63) is 77.4 Å². The average Bonchev–Trinajstić information content (AvgIpc) is 3.51. The third kappa shape index (κ3) is 2.90. The van der Waals surface area contributed by atoms with Gasteiger partial charge in [0.25, 0.3) is 0 Å². The number of nitrogens with zero attached hydrogens (tertiary/aromatic N) is 3. The highest BCUT2D eigenvalue weighted by molar-refractivity contribution is 5.89. The first kappa shape index (κ1) is 16.6. The summed E-state index contributed by atoms with van der Waals surface area (Å²) in [6, 6.07) is 15.1. The molecule has 0 spiro atoms. The Bertz CT molecular complexity index is 1110. The van der Waals surface area contributed by atoms with Crippen LogP contribution in [0.2, 0.25) is 0 Å². The number of aromatic nitrogens is 3.